The van der Waals surface area contributed by atoms with Crippen LogP contribution in [0.15, 0.2) is 48.9 Å². The molecule has 0 spiro atoms. The highest BCUT2D eigenvalue weighted by Crippen LogP contribution is 2.17. The molecular formula is C18H17N7O2. The Balaban J connectivity index is 1.46. The predicted octanol–water partition coefficient (Wildman–Crippen LogP) is 1.17. The first kappa shape index (κ1) is 16.7. The molecule has 9 heteroatoms. The topological polar surface area (TPSA) is 119 Å². The first-order valence-electron chi connectivity index (χ1n) is 8.39. The number of primary amides is 1. The van der Waals surface area contributed by atoms with Gasteiger partial charge in [0.25, 0.3) is 11.8 Å². The van der Waals surface area contributed by atoms with E-state index in [2.05, 4.69) is 20.3 Å². The molecule has 0 unspecified atom stereocenters. The third kappa shape index (κ3) is 3.34. The lowest BCUT2D eigenvalue weighted by Gasteiger charge is -2.28. The molecule has 1 aliphatic heterocycles. The van der Waals surface area contributed by atoms with Gasteiger partial charge in [-0.25, -0.2) is 15.0 Å². The molecule has 9 nitrogen and oxygen atoms in total. The summed E-state index contributed by atoms with van der Waals surface area (Å²) in [7, 11) is 0. The van der Waals surface area contributed by atoms with Gasteiger partial charge in [0.1, 0.15) is 11.5 Å². The van der Waals surface area contributed by atoms with Gasteiger partial charge in [-0.2, -0.15) is 0 Å². The number of carbonyl (C=O) groups is 2. The molecule has 27 heavy (non-hydrogen) atoms. The fourth-order valence-corrected chi connectivity index (χ4v) is 2.97. The number of carbonyl (C=O) groups excluding carboxylic acids is 2. The van der Waals surface area contributed by atoms with Gasteiger partial charge in [-0.15, -0.1) is 0 Å². The van der Waals surface area contributed by atoms with Gasteiger partial charge < -0.3 is 20.5 Å². The lowest BCUT2D eigenvalue weighted by atomic mass is 10.2. The number of para-hydroxylation sites is 1. The van der Waals surface area contributed by atoms with E-state index in [1.54, 1.807) is 9.47 Å². The number of imidazole rings is 1. The number of hydrogen-bond acceptors (Lipinski definition) is 6. The SMILES string of the molecule is NC(=O)c1cnc2n1CCN(C(=O)c1cnc(Nc3ccccc3)nc1)C2. The van der Waals surface area contributed by atoms with Crippen LogP contribution >= 0.6 is 0 Å². The number of nitrogens with one attached hydrogen (secondary N) is 1. The van der Waals surface area contributed by atoms with Crippen LogP contribution in [-0.4, -0.2) is 42.8 Å². The summed E-state index contributed by atoms with van der Waals surface area (Å²) in [6.45, 7) is 1.22. The van der Waals surface area contributed by atoms with Crippen molar-refractivity contribution in [1.82, 2.24) is 24.4 Å². The van der Waals surface area contributed by atoms with Gasteiger partial charge in [-0.05, 0) is 12.1 Å². The van der Waals surface area contributed by atoms with Crippen molar-refractivity contribution in [2.45, 2.75) is 13.1 Å². The molecule has 4 rings (SSSR count). The third-order valence-corrected chi connectivity index (χ3v) is 4.33. The number of benzene rings is 1. The van der Waals surface area contributed by atoms with E-state index in [-0.39, 0.29) is 5.91 Å². The van der Waals surface area contributed by atoms with Crippen LogP contribution < -0.4 is 11.1 Å². The minimum Gasteiger partial charge on any atom is -0.364 e. The van der Waals surface area contributed by atoms with E-state index in [9.17, 15) is 9.59 Å². The molecule has 2 aromatic heterocycles. The molecular weight excluding hydrogens is 346 g/mol. The fraction of sp³-hybridized carbons (Fsp3) is 0.167. The van der Waals surface area contributed by atoms with Gasteiger partial charge in [-0.3, -0.25) is 9.59 Å². The molecule has 1 aromatic carbocycles. The maximum Gasteiger partial charge on any atom is 0.266 e. The summed E-state index contributed by atoms with van der Waals surface area (Å²) in [4.78, 5) is 38.4. The summed E-state index contributed by atoms with van der Waals surface area (Å²) < 4.78 is 1.75. The Labute approximate surface area is 154 Å². The Morgan fingerprint density at radius 1 is 1.00 bits per heavy atom. The van der Waals surface area contributed by atoms with Crippen LogP contribution in [0.5, 0.6) is 0 Å². The molecule has 3 heterocycles. The van der Waals surface area contributed by atoms with Crippen LogP contribution in [0.25, 0.3) is 0 Å². The number of aromatic nitrogens is 4. The van der Waals surface area contributed by atoms with Crippen LogP contribution in [0.2, 0.25) is 0 Å². The van der Waals surface area contributed by atoms with Gasteiger partial charge in [0.2, 0.25) is 5.95 Å². The van der Waals surface area contributed by atoms with E-state index in [0.717, 1.165) is 5.69 Å². The van der Waals surface area contributed by atoms with Crippen LogP contribution in [0.1, 0.15) is 26.7 Å². The number of rotatable bonds is 4. The van der Waals surface area contributed by atoms with Gasteiger partial charge in [0.05, 0.1) is 18.3 Å². The zero-order valence-corrected chi connectivity index (χ0v) is 14.4. The Morgan fingerprint density at radius 3 is 2.44 bits per heavy atom. The zero-order chi connectivity index (χ0) is 18.8. The molecule has 0 aliphatic carbocycles. The Hall–Kier alpha value is -3.75. The summed E-state index contributed by atoms with van der Waals surface area (Å²) in [6, 6.07) is 9.54. The first-order valence-corrected chi connectivity index (χ1v) is 8.39. The van der Waals surface area contributed by atoms with Crippen molar-refractivity contribution >= 4 is 23.5 Å². The van der Waals surface area contributed by atoms with Crippen molar-refractivity contribution in [2.24, 2.45) is 5.73 Å². The van der Waals surface area contributed by atoms with Crippen molar-refractivity contribution in [3.05, 3.63) is 66.0 Å². The maximum atomic E-state index is 12.7. The first-order chi connectivity index (χ1) is 13.1. The third-order valence-electron chi connectivity index (χ3n) is 4.33. The Kier molecular flexibility index (Phi) is 4.25. The van der Waals surface area contributed by atoms with E-state index in [1.165, 1.54) is 18.6 Å². The number of fused-ring (bicyclic) bond motifs is 1. The van der Waals surface area contributed by atoms with E-state index in [4.69, 9.17) is 5.73 Å². The molecule has 136 valence electrons. The summed E-state index contributed by atoms with van der Waals surface area (Å²) in [5.74, 6) is 0.337. The smallest absolute Gasteiger partial charge is 0.266 e. The normalized spacial score (nSPS) is 13.1. The molecule has 0 saturated heterocycles. The average molecular weight is 363 g/mol. The highest BCUT2D eigenvalue weighted by molar-refractivity contribution is 5.94. The largest absolute Gasteiger partial charge is 0.364 e. The molecule has 0 fully saturated rings. The minimum atomic E-state index is -0.525. The van der Waals surface area contributed by atoms with Gasteiger partial charge in [-0.1, -0.05) is 18.2 Å². The number of amides is 2. The van der Waals surface area contributed by atoms with Crippen molar-refractivity contribution in [3.8, 4) is 0 Å². The second-order valence-electron chi connectivity index (χ2n) is 6.09. The number of hydrogen-bond donors (Lipinski definition) is 2. The number of nitrogens with zero attached hydrogens (tertiary/aromatic N) is 5. The predicted molar refractivity (Wildman–Crippen MR) is 97.2 cm³/mol. The van der Waals surface area contributed by atoms with Gasteiger partial charge in [0, 0.05) is 31.2 Å². The molecule has 3 aromatic rings. The average Bonchev–Trinajstić information content (AvgIpc) is 3.12. The quantitative estimate of drug-likeness (QED) is 0.718. The number of anilines is 2. The van der Waals surface area contributed by atoms with E-state index >= 15 is 0 Å². The molecule has 0 saturated carbocycles. The van der Waals surface area contributed by atoms with Crippen molar-refractivity contribution in [3.63, 3.8) is 0 Å². The lowest BCUT2D eigenvalue weighted by Crippen LogP contribution is -2.39. The van der Waals surface area contributed by atoms with Crippen molar-refractivity contribution in [2.75, 3.05) is 11.9 Å². The summed E-state index contributed by atoms with van der Waals surface area (Å²) >= 11 is 0. The molecule has 2 amide bonds. The van der Waals surface area contributed by atoms with Crippen LogP contribution in [-0.2, 0) is 13.1 Å². The van der Waals surface area contributed by atoms with Crippen molar-refractivity contribution < 1.29 is 9.59 Å². The zero-order valence-electron chi connectivity index (χ0n) is 14.4. The highest BCUT2D eigenvalue weighted by Gasteiger charge is 2.25. The second-order valence-corrected chi connectivity index (χ2v) is 6.09. The second kappa shape index (κ2) is 6.87. The molecule has 0 bridgehead atoms. The van der Waals surface area contributed by atoms with E-state index < -0.39 is 5.91 Å². The standard InChI is InChI=1S/C18H17N7O2/c19-16(26)14-10-20-15-11-24(6-7-25(14)15)17(27)12-8-21-18(22-9-12)23-13-4-2-1-3-5-13/h1-5,8-10H,6-7,11H2,(H2,19,26)(H,21,22,23). The molecule has 3 N–H and O–H groups in total. The van der Waals surface area contributed by atoms with Crippen molar-refractivity contribution in [1.29, 1.82) is 0 Å². The number of nitrogens with two attached hydrogens (primary N) is 1. The minimum absolute atomic E-state index is 0.184. The van der Waals surface area contributed by atoms with Crippen LogP contribution in [0, 0.1) is 0 Å². The molecule has 0 atom stereocenters. The Morgan fingerprint density at radius 2 is 1.74 bits per heavy atom. The Bertz CT molecular complexity index is 983. The monoisotopic (exact) mass is 363 g/mol. The van der Waals surface area contributed by atoms with Gasteiger partial charge in [0.15, 0.2) is 0 Å². The highest BCUT2D eigenvalue weighted by atomic mass is 16.2. The summed E-state index contributed by atoms with van der Waals surface area (Å²) in [5.41, 5.74) is 6.95. The molecule has 0 radical (unpaired) electrons. The summed E-state index contributed by atoms with van der Waals surface area (Å²) in [5, 5.41) is 3.07. The van der Waals surface area contributed by atoms with Gasteiger partial charge >= 0.3 is 0 Å². The fourth-order valence-electron chi connectivity index (χ4n) is 2.97. The van der Waals surface area contributed by atoms with E-state index in [0.29, 0.717) is 42.7 Å². The summed E-state index contributed by atoms with van der Waals surface area (Å²) in [6.07, 6.45) is 4.44. The maximum absolute atomic E-state index is 12.7. The van der Waals surface area contributed by atoms with E-state index in [1.807, 2.05) is 30.3 Å². The van der Waals surface area contributed by atoms with Crippen LogP contribution in [0.3, 0.4) is 0 Å². The van der Waals surface area contributed by atoms with Crippen LogP contribution in [0.4, 0.5) is 11.6 Å². The lowest BCUT2D eigenvalue weighted by molar-refractivity contribution is 0.0705. The molecule has 1 aliphatic rings.